The third-order valence-electron chi connectivity index (χ3n) is 3.88. The molecule has 3 rings (SSSR count). The Morgan fingerprint density at radius 1 is 1.05 bits per heavy atom. The van der Waals surface area contributed by atoms with E-state index in [1.165, 1.54) is 12.1 Å². The van der Waals surface area contributed by atoms with Crippen LogP contribution in [0.4, 0.5) is 9.18 Å². The van der Waals surface area contributed by atoms with Gasteiger partial charge in [-0.2, -0.15) is 0 Å². The van der Waals surface area contributed by atoms with Gasteiger partial charge in [0.1, 0.15) is 11.4 Å². The fourth-order valence-corrected chi connectivity index (χ4v) is 2.58. The summed E-state index contributed by atoms with van der Waals surface area (Å²) in [6, 6.07) is 14.4. The van der Waals surface area contributed by atoms with E-state index in [1.54, 1.807) is 31.2 Å². The summed E-state index contributed by atoms with van der Waals surface area (Å²) in [6.45, 7) is 1.81. The lowest BCUT2D eigenvalue weighted by Gasteiger charge is -2.22. The molecule has 1 heterocycles. The van der Waals surface area contributed by atoms with E-state index in [0.717, 1.165) is 10.5 Å². The normalized spacial score (nSPS) is 21.1. The molecule has 0 aromatic heterocycles. The summed E-state index contributed by atoms with van der Waals surface area (Å²) in [4.78, 5) is 26.0. The first-order valence-electron chi connectivity index (χ1n) is 6.95. The van der Waals surface area contributed by atoms with Crippen molar-refractivity contribution in [1.82, 2.24) is 10.2 Å². The third kappa shape index (κ3) is 2.35. The number of nitrogens with one attached hydrogen (secondary N) is 1. The largest absolute Gasteiger partial charge is 0.325 e. The molecular weight excluding hydrogens is 283 g/mol. The summed E-state index contributed by atoms with van der Waals surface area (Å²) in [6.07, 6.45) is 0. The molecule has 3 amide bonds. The summed E-state index contributed by atoms with van der Waals surface area (Å²) >= 11 is 0. The Kier molecular flexibility index (Phi) is 3.41. The number of nitrogens with zero attached hydrogens (tertiary/aromatic N) is 1. The first-order chi connectivity index (χ1) is 10.5. The molecular formula is C17H15FN2O2. The van der Waals surface area contributed by atoms with Crippen LogP contribution in [0.5, 0.6) is 0 Å². The van der Waals surface area contributed by atoms with Crippen LogP contribution in [0.15, 0.2) is 54.6 Å². The Balaban J connectivity index is 1.87. The summed E-state index contributed by atoms with van der Waals surface area (Å²) in [5.74, 6) is -0.664. The van der Waals surface area contributed by atoms with Crippen molar-refractivity contribution in [2.24, 2.45) is 0 Å². The smallest absolute Gasteiger partial charge is 0.319 e. The topological polar surface area (TPSA) is 49.4 Å². The minimum absolute atomic E-state index is 0.118. The van der Waals surface area contributed by atoms with Gasteiger partial charge in [-0.05, 0) is 30.2 Å². The summed E-state index contributed by atoms with van der Waals surface area (Å²) in [5, 5.41) is 2.74. The van der Waals surface area contributed by atoms with E-state index >= 15 is 0 Å². The second-order valence-electron chi connectivity index (χ2n) is 5.44. The minimum Gasteiger partial charge on any atom is -0.319 e. The van der Waals surface area contributed by atoms with E-state index in [0.29, 0.717) is 5.56 Å². The Hall–Kier alpha value is -2.69. The maximum atomic E-state index is 12.9. The highest BCUT2D eigenvalue weighted by molar-refractivity contribution is 6.07. The van der Waals surface area contributed by atoms with Crippen molar-refractivity contribution in [3.05, 3.63) is 71.5 Å². The highest BCUT2D eigenvalue weighted by Gasteiger charge is 2.48. The molecule has 22 heavy (non-hydrogen) atoms. The molecule has 1 atom stereocenters. The predicted octanol–water partition coefficient (Wildman–Crippen LogP) is 2.79. The number of hydrogen-bond donors (Lipinski definition) is 1. The molecule has 1 saturated heterocycles. The van der Waals surface area contributed by atoms with E-state index in [9.17, 15) is 14.0 Å². The van der Waals surface area contributed by atoms with Crippen LogP contribution < -0.4 is 5.32 Å². The SMILES string of the molecule is C[C@]1(c2ccccc2)NC(=O)N(Cc2ccc(F)cc2)C1=O. The van der Waals surface area contributed by atoms with Crippen molar-refractivity contribution in [3.8, 4) is 0 Å². The second kappa shape index (κ2) is 5.26. The molecule has 0 aliphatic carbocycles. The molecule has 0 spiro atoms. The molecule has 0 radical (unpaired) electrons. The lowest BCUT2D eigenvalue weighted by atomic mass is 9.92. The van der Waals surface area contributed by atoms with Gasteiger partial charge in [-0.15, -0.1) is 0 Å². The molecule has 0 bridgehead atoms. The minimum atomic E-state index is -1.07. The van der Waals surface area contributed by atoms with Crippen molar-refractivity contribution >= 4 is 11.9 Å². The first kappa shape index (κ1) is 14.3. The molecule has 4 nitrogen and oxygen atoms in total. The average Bonchev–Trinajstić information content (AvgIpc) is 2.75. The van der Waals surface area contributed by atoms with Gasteiger partial charge >= 0.3 is 6.03 Å². The van der Waals surface area contributed by atoms with Crippen LogP contribution in [0.3, 0.4) is 0 Å². The zero-order valence-electron chi connectivity index (χ0n) is 12.0. The number of benzene rings is 2. The van der Waals surface area contributed by atoms with Gasteiger partial charge < -0.3 is 5.32 Å². The summed E-state index contributed by atoms with van der Waals surface area (Å²) in [7, 11) is 0. The third-order valence-corrected chi connectivity index (χ3v) is 3.88. The van der Waals surface area contributed by atoms with Crippen LogP contribution >= 0.6 is 0 Å². The Morgan fingerprint density at radius 2 is 1.68 bits per heavy atom. The van der Waals surface area contributed by atoms with Gasteiger partial charge in [-0.3, -0.25) is 9.69 Å². The molecule has 112 valence electrons. The quantitative estimate of drug-likeness (QED) is 0.886. The standard InChI is InChI=1S/C17H15FN2O2/c1-17(13-5-3-2-4-6-13)15(21)20(16(22)19-17)11-12-7-9-14(18)10-8-12/h2-10H,11H2,1H3,(H,19,22)/t17-/m1/s1. The number of urea groups is 1. The van der Waals surface area contributed by atoms with E-state index < -0.39 is 11.6 Å². The average molecular weight is 298 g/mol. The number of carbonyl (C=O) groups excluding carboxylic acids is 2. The maximum absolute atomic E-state index is 12.9. The number of hydrogen-bond acceptors (Lipinski definition) is 2. The summed E-state index contributed by atoms with van der Waals surface area (Å²) < 4.78 is 12.9. The number of rotatable bonds is 3. The van der Waals surface area contributed by atoms with Crippen LogP contribution in [0, 0.1) is 5.82 Å². The lowest BCUT2D eigenvalue weighted by Crippen LogP contribution is -2.40. The zero-order chi connectivity index (χ0) is 15.7. The van der Waals surface area contributed by atoms with Gasteiger partial charge in [0.2, 0.25) is 0 Å². The van der Waals surface area contributed by atoms with E-state index in [1.807, 2.05) is 18.2 Å². The van der Waals surface area contributed by atoms with Gasteiger partial charge in [0, 0.05) is 0 Å². The van der Waals surface area contributed by atoms with Gasteiger partial charge in [0.05, 0.1) is 6.54 Å². The lowest BCUT2D eigenvalue weighted by molar-refractivity contribution is -0.131. The van der Waals surface area contributed by atoms with Crippen molar-refractivity contribution in [1.29, 1.82) is 0 Å². The number of carbonyl (C=O) groups is 2. The van der Waals surface area contributed by atoms with E-state index in [4.69, 9.17) is 0 Å². The predicted molar refractivity (Wildman–Crippen MR) is 79.3 cm³/mol. The second-order valence-corrected chi connectivity index (χ2v) is 5.44. The summed E-state index contributed by atoms with van der Waals surface area (Å²) in [5.41, 5.74) is 0.357. The van der Waals surface area contributed by atoms with Crippen molar-refractivity contribution in [2.75, 3.05) is 0 Å². The van der Waals surface area contributed by atoms with E-state index in [-0.39, 0.29) is 18.3 Å². The highest BCUT2D eigenvalue weighted by Crippen LogP contribution is 2.29. The molecule has 5 heteroatoms. The molecule has 2 aromatic carbocycles. The molecule has 2 aromatic rings. The van der Waals surface area contributed by atoms with E-state index in [2.05, 4.69) is 5.32 Å². The van der Waals surface area contributed by atoms with Gasteiger partial charge in [-0.1, -0.05) is 42.5 Å². The van der Waals surface area contributed by atoms with Gasteiger partial charge in [-0.25, -0.2) is 9.18 Å². The highest BCUT2D eigenvalue weighted by atomic mass is 19.1. The van der Waals surface area contributed by atoms with Crippen LogP contribution in [-0.4, -0.2) is 16.8 Å². The maximum Gasteiger partial charge on any atom is 0.325 e. The molecule has 1 aliphatic rings. The van der Waals surface area contributed by atoms with Crippen LogP contribution in [-0.2, 0) is 16.9 Å². The number of imide groups is 1. The Labute approximate surface area is 127 Å². The number of amides is 3. The first-order valence-corrected chi connectivity index (χ1v) is 6.95. The van der Waals surface area contributed by atoms with Gasteiger partial charge in [0.15, 0.2) is 0 Å². The molecule has 1 fully saturated rings. The van der Waals surface area contributed by atoms with Crippen molar-refractivity contribution in [2.45, 2.75) is 19.0 Å². The van der Waals surface area contributed by atoms with Crippen molar-refractivity contribution in [3.63, 3.8) is 0 Å². The van der Waals surface area contributed by atoms with Crippen LogP contribution in [0.1, 0.15) is 18.1 Å². The monoisotopic (exact) mass is 298 g/mol. The Morgan fingerprint density at radius 3 is 2.32 bits per heavy atom. The van der Waals surface area contributed by atoms with Crippen LogP contribution in [0.2, 0.25) is 0 Å². The fraction of sp³-hybridized carbons (Fsp3) is 0.176. The molecule has 1 aliphatic heterocycles. The van der Waals surface area contributed by atoms with Crippen LogP contribution in [0.25, 0.3) is 0 Å². The van der Waals surface area contributed by atoms with Crippen molar-refractivity contribution < 1.29 is 14.0 Å². The zero-order valence-corrected chi connectivity index (χ0v) is 12.0. The van der Waals surface area contributed by atoms with Gasteiger partial charge in [0.25, 0.3) is 5.91 Å². The molecule has 0 unspecified atom stereocenters. The Bertz CT molecular complexity index is 715. The molecule has 1 N–H and O–H groups in total. The number of halogens is 1. The fourth-order valence-electron chi connectivity index (χ4n) is 2.58. The molecule has 0 saturated carbocycles.